The molecule has 1 rings (SSSR count). The van der Waals surface area contributed by atoms with Gasteiger partial charge in [-0.3, -0.25) is 0 Å². The molecule has 11 heavy (non-hydrogen) atoms. The fourth-order valence-electron chi connectivity index (χ4n) is 1.06. The van der Waals surface area contributed by atoms with Crippen LogP contribution in [0, 0.1) is 0 Å². The van der Waals surface area contributed by atoms with Crippen LogP contribution in [0.25, 0.3) is 0 Å². The van der Waals surface area contributed by atoms with Gasteiger partial charge in [-0.1, -0.05) is 0 Å². The van der Waals surface area contributed by atoms with Crippen LogP contribution in [0.15, 0.2) is 0 Å². The van der Waals surface area contributed by atoms with Gasteiger partial charge in [-0.25, -0.2) is 0 Å². The zero-order chi connectivity index (χ0) is 8.43. The van der Waals surface area contributed by atoms with E-state index >= 15 is 0 Å². The van der Waals surface area contributed by atoms with Crippen molar-refractivity contribution >= 4 is 0 Å². The van der Waals surface area contributed by atoms with E-state index in [9.17, 15) is 0 Å². The third-order valence-corrected chi connectivity index (χ3v) is 1.73. The summed E-state index contributed by atoms with van der Waals surface area (Å²) in [4.78, 5) is 0. The Bertz CT molecular complexity index is 110. The number of hydrogen-bond donors (Lipinski definition) is 3. The molecule has 0 aromatic heterocycles. The topological polar surface area (TPSA) is 79.2 Å². The molecule has 1 aliphatic heterocycles. The van der Waals surface area contributed by atoms with Crippen molar-refractivity contribution in [2.45, 2.75) is 24.6 Å². The summed E-state index contributed by atoms with van der Waals surface area (Å²) in [5.41, 5.74) is 0. The van der Waals surface area contributed by atoms with Gasteiger partial charge in [-0.15, -0.1) is 0 Å². The molecule has 4 atom stereocenters. The molecule has 3 N–H and O–H groups in total. The molecule has 0 spiro atoms. The minimum atomic E-state index is -1.07. The highest BCUT2D eigenvalue weighted by molar-refractivity contribution is 4.85. The van der Waals surface area contributed by atoms with Gasteiger partial charge < -0.3 is 24.8 Å². The minimum Gasteiger partial charge on any atom is -0.394 e. The monoisotopic (exact) mass is 164 g/mol. The predicted octanol–water partition coefficient (Wildman–Crippen LogP) is -1.93. The van der Waals surface area contributed by atoms with Gasteiger partial charge in [-0.2, -0.15) is 0 Å². The van der Waals surface area contributed by atoms with Gasteiger partial charge in [0.15, 0.2) is 6.29 Å². The predicted molar refractivity (Wildman–Crippen MR) is 34.8 cm³/mol. The van der Waals surface area contributed by atoms with Crippen molar-refractivity contribution < 1.29 is 24.8 Å². The Labute approximate surface area is 64.2 Å². The summed E-state index contributed by atoms with van der Waals surface area (Å²) in [6.45, 7) is -0.321. The van der Waals surface area contributed by atoms with E-state index in [0.717, 1.165) is 0 Å². The molecule has 66 valence electrons. The maximum absolute atomic E-state index is 9.15. The largest absolute Gasteiger partial charge is 0.394 e. The molecular formula is C6H12O5. The van der Waals surface area contributed by atoms with Crippen LogP contribution < -0.4 is 0 Å². The maximum atomic E-state index is 9.15. The van der Waals surface area contributed by atoms with E-state index in [0.29, 0.717) is 0 Å². The Kier molecular flexibility index (Phi) is 2.80. The third kappa shape index (κ3) is 1.52. The fraction of sp³-hybridized carbons (Fsp3) is 1.00. The molecule has 1 aliphatic rings. The van der Waals surface area contributed by atoms with E-state index in [1.165, 1.54) is 7.11 Å². The highest BCUT2D eigenvalue weighted by atomic mass is 16.7. The summed E-state index contributed by atoms with van der Waals surface area (Å²) in [5, 5.41) is 26.9. The van der Waals surface area contributed by atoms with Gasteiger partial charge in [0.25, 0.3) is 0 Å². The third-order valence-electron chi connectivity index (χ3n) is 1.73. The van der Waals surface area contributed by atoms with Crippen molar-refractivity contribution in [1.82, 2.24) is 0 Å². The van der Waals surface area contributed by atoms with Crippen LogP contribution in [0.4, 0.5) is 0 Å². The first-order valence-corrected chi connectivity index (χ1v) is 3.36. The number of aliphatic hydroxyl groups excluding tert-OH is 3. The number of methoxy groups -OCH3 is 1. The molecule has 0 aliphatic carbocycles. The van der Waals surface area contributed by atoms with Crippen molar-refractivity contribution in [3.8, 4) is 0 Å². The second-order valence-corrected chi connectivity index (χ2v) is 2.44. The SMILES string of the molecule is CO[C@@H]1OC(CO)C(O)C1O. The lowest BCUT2D eigenvalue weighted by atomic mass is 10.1. The van der Waals surface area contributed by atoms with Gasteiger partial charge in [0, 0.05) is 7.11 Å². The van der Waals surface area contributed by atoms with Gasteiger partial charge >= 0.3 is 0 Å². The number of rotatable bonds is 2. The smallest absolute Gasteiger partial charge is 0.186 e. The summed E-state index contributed by atoms with van der Waals surface area (Å²) < 4.78 is 9.59. The number of hydrogen-bond acceptors (Lipinski definition) is 5. The first kappa shape index (κ1) is 8.89. The molecule has 0 aromatic rings. The lowest BCUT2D eigenvalue weighted by molar-refractivity contribution is -0.153. The number of ether oxygens (including phenoxy) is 2. The van der Waals surface area contributed by atoms with Gasteiger partial charge in [0.05, 0.1) is 6.61 Å². The molecule has 0 amide bonds. The zero-order valence-corrected chi connectivity index (χ0v) is 6.17. The van der Waals surface area contributed by atoms with E-state index in [-0.39, 0.29) is 6.61 Å². The van der Waals surface area contributed by atoms with E-state index in [4.69, 9.17) is 20.1 Å². The van der Waals surface area contributed by atoms with E-state index in [1.807, 2.05) is 0 Å². The van der Waals surface area contributed by atoms with Crippen molar-refractivity contribution in [3.63, 3.8) is 0 Å². The average Bonchev–Trinajstić information content (AvgIpc) is 2.30. The van der Waals surface area contributed by atoms with E-state index in [2.05, 4.69) is 4.74 Å². The summed E-state index contributed by atoms with van der Waals surface area (Å²) in [7, 11) is 1.36. The molecule has 3 unspecified atom stereocenters. The highest BCUT2D eigenvalue weighted by Crippen LogP contribution is 2.20. The summed E-state index contributed by atoms with van der Waals surface area (Å²) >= 11 is 0. The highest BCUT2D eigenvalue weighted by Gasteiger charge is 2.42. The van der Waals surface area contributed by atoms with Crippen LogP contribution >= 0.6 is 0 Å². The van der Waals surface area contributed by atoms with Gasteiger partial charge in [0.1, 0.15) is 18.3 Å². The van der Waals surface area contributed by atoms with Crippen LogP contribution in [0.2, 0.25) is 0 Å². The van der Waals surface area contributed by atoms with Crippen LogP contribution in [-0.2, 0) is 9.47 Å². The molecule has 5 heteroatoms. The second kappa shape index (κ2) is 3.46. The van der Waals surface area contributed by atoms with Crippen LogP contribution in [0.1, 0.15) is 0 Å². The average molecular weight is 164 g/mol. The second-order valence-electron chi connectivity index (χ2n) is 2.44. The molecule has 0 saturated carbocycles. The van der Waals surface area contributed by atoms with Gasteiger partial charge in [-0.05, 0) is 0 Å². The van der Waals surface area contributed by atoms with Crippen molar-refractivity contribution in [2.75, 3.05) is 13.7 Å². The fourth-order valence-corrected chi connectivity index (χ4v) is 1.06. The van der Waals surface area contributed by atoms with Gasteiger partial charge in [0.2, 0.25) is 0 Å². The summed E-state index contributed by atoms with van der Waals surface area (Å²) in [6.07, 6.45) is -3.71. The minimum absolute atomic E-state index is 0.321. The normalized spacial score (nSPS) is 44.7. The molecule has 1 heterocycles. The Balaban J connectivity index is 2.53. The quantitative estimate of drug-likeness (QED) is 0.443. The zero-order valence-electron chi connectivity index (χ0n) is 6.17. The molecule has 0 bridgehead atoms. The van der Waals surface area contributed by atoms with Crippen molar-refractivity contribution in [3.05, 3.63) is 0 Å². The molecule has 0 aromatic carbocycles. The van der Waals surface area contributed by atoms with E-state index in [1.54, 1.807) is 0 Å². The molecular weight excluding hydrogens is 152 g/mol. The number of aliphatic hydroxyl groups is 3. The lowest BCUT2D eigenvalue weighted by Crippen LogP contribution is -2.34. The Morgan fingerprint density at radius 2 is 2.00 bits per heavy atom. The van der Waals surface area contributed by atoms with Crippen molar-refractivity contribution in [2.24, 2.45) is 0 Å². The van der Waals surface area contributed by atoms with Crippen LogP contribution in [0.5, 0.6) is 0 Å². The van der Waals surface area contributed by atoms with Crippen molar-refractivity contribution in [1.29, 1.82) is 0 Å². The molecule has 1 fully saturated rings. The standard InChI is InChI=1S/C6H12O5/c1-10-6-5(9)4(8)3(2-7)11-6/h3-9H,2H2,1H3/t3?,4?,5?,6-/m1/s1. The lowest BCUT2D eigenvalue weighted by Gasteiger charge is -2.11. The maximum Gasteiger partial charge on any atom is 0.186 e. The molecule has 5 nitrogen and oxygen atoms in total. The first-order valence-electron chi connectivity index (χ1n) is 3.36. The Hall–Kier alpha value is -0.200. The summed E-state index contributed by atoms with van der Waals surface area (Å²) in [6, 6.07) is 0. The molecule has 1 saturated heterocycles. The van der Waals surface area contributed by atoms with Crippen LogP contribution in [-0.4, -0.2) is 53.6 Å². The van der Waals surface area contributed by atoms with Crippen LogP contribution in [0.3, 0.4) is 0 Å². The molecule has 0 radical (unpaired) electrons. The Morgan fingerprint density at radius 3 is 2.27 bits per heavy atom. The van der Waals surface area contributed by atoms with E-state index < -0.39 is 24.6 Å². The first-order chi connectivity index (χ1) is 5.20. The Morgan fingerprint density at radius 1 is 1.36 bits per heavy atom. The summed E-state index contributed by atoms with van der Waals surface area (Å²) in [5.74, 6) is 0.